The number of likely N-dealkylation sites (N-methyl/N-ethyl adjacent to an activating group) is 1. The number of halogens is 2. The first-order valence-corrected chi connectivity index (χ1v) is 11.0. The van der Waals surface area contributed by atoms with Crippen molar-refractivity contribution in [2.45, 2.75) is 17.7 Å². The molecule has 0 saturated heterocycles. The Morgan fingerprint density at radius 2 is 1.96 bits per heavy atom. The van der Waals surface area contributed by atoms with Crippen LogP contribution in [-0.4, -0.2) is 45.7 Å². The minimum atomic E-state index is -3.28. The van der Waals surface area contributed by atoms with Gasteiger partial charge in [-0.15, -0.1) is 0 Å². The molecule has 0 atom stereocenters. The molecule has 146 valence electrons. The van der Waals surface area contributed by atoms with E-state index in [-0.39, 0.29) is 23.0 Å². The molecule has 27 heavy (non-hydrogen) atoms. The van der Waals surface area contributed by atoms with Crippen LogP contribution in [-0.2, 0) is 21.1 Å². The molecule has 2 aromatic rings. The summed E-state index contributed by atoms with van der Waals surface area (Å²) < 4.78 is 42.2. The number of nitrogens with zero attached hydrogens (tertiary/aromatic N) is 1. The van der Waals surface area contributed by atoms with E-state index in [1.807, 2.05) is 0 Å². The van der Waals surface area contributed by atoms with Crippen molar-refractivity contribution >= 4 is 31.7 Å². The molecule has 0 aliphatic rings. The largest absolute Gasteiger partial charge is 0.493 e. The average Bonchev–Trinajstić information content (AvgIpc) is 2.61. The topological polar surface area (TPSA) is 63.7 Å². The van der Waals surface area contributed by atoms with Crippen molar-refractivity contribution in [3.63, 3.8) is 0 Å². The van der Waals surface area contributed by atoms with Gasteiger partial charge in [0.1, 0.15) is 11.6 Å². The molecular formula is C19H21BrFNO4S. The summed E-state index contributed by atoms with van der Waals surface area (Å²) in [5, 5.41) is 0. The molecule has 0 radical (unpaired) electrons. The zero-order chi connectivity index (χ0) is 20.0. The second kappa shape index (κ2) is 9.32. The number of hydrogen-bond acceptors (Lipinski definition) is 4. The van der Waals surface area contributed by atoms with Crippen LogP contribution in [0.15, 0.2) is 51.8 Å². The minimum absolute atomic E-state index is 0.0763. The highest BCUT2D eigenvalue weighted by Crippen LogP contribution is 2.18. The summed E-state index contributed by atoms with van der Waals surface area (Å²) in [6.45, 7) is 0.847. The minimum Gasteiger partial charge on any atom is -0.493 e. The summed E-state index contributed by atoms with van der Waals surface area (Å²) in [5.41, 5.74) is 0.731. The molecular weight excluding hydrogens is 437 g/mol. The average molecular weight is 458 g/mol. The smallest absolute Gasteiger partial charge is 0.226 e. The van der Waals surface area contributed by atoms with Gasteiger partial charge >= 0.3 is 0 Å². The molecule has 1 amide bonds. The van der Waals surface area contributed by atoms with Crippen LogP contribution in [0.25, 0.3) is 0 Å². The van der Waals surface area contributed by atoms with Gasteiger partial charge in [0.25, 0.3) is 0 Å². The number of carbonyl (C=O) groups excluding carboxylic acids is 1. The molecule has 0 aliphatic heterocycles. The molecule has 0 N–H and O–H groups in total. The lowest BCUT2D eigenvalue weighted by molar-refractivity contribution is -0.129. The van der Waals surface area contributed by atoms with E-state index in [1.165, 1.54) is 18.2 Å². The number of hydrogen-bond donors (Lipinski definition) is 0. The van der Waals surface area contributed by atoms with Crippen molar-refractivity contribution in [2.24, 2.45) is 0 Å². The van der Waals surface area contributed by atoms with Gasteiger partial charge in [0.05, 0.1) is 22.4 Å². The molecule has 0 fully saturated rings. The van der Waals surface area contributed by atoms with E-state index in [9.17, 15) is 17.6 Å². The van der Waals surface area contributed by atoms with Gasteiger partial charge in [-0.05, 0) is 58.2 Å². The van der Waals surface area contributed by atoms with E-state index >= 15 is 0 Å². The second-order valence-electron chi connectivity index (χ2n) is 6.19. The van der Waals surface area contributed by atoms with Crippen molar-refractivity contribution in [3.05, 3.63) is 58.3 Å². The molecule has 0 saturated carbocycles. The van der Waals surface area contributed by atoms with Gasteiger partial charge in [0, 0.05) is 19.8 Å². The number of benzene rings is 2. The molecule has 5 nitrogen and oxygen atoms in total. The van der Waals surface area contributed by atoms with Crippen molar-refractivity contribution < 1.29 is 22.3 Å². The lowest BCUT2D eigenvalue weighted by atomic mass is 10.1. The van der Waals surface area contributed by atoms with Crippen LogP contribution < -0.4 is 4.74 Å². The highest BCUT2D eigenvalue weighted by atomic mass is 79.9. The van der Waals surface area contributed by atoms with Crippen molar-refractivity contribution in [2.75, 3.05) is 26.5 Å². The number of amides is 1. The van der Waals surface area contributed by atoms with Crippen LogP contribution in [0.3, 0.4) is 0 Å². The normalized spacial score (nSPS) is 11.3. The fourth-order valence-corrected chi connectivity index (χ4v) is 3.45. The molecule has 0 spiro atoms. The highest BCUT2D eigenvalue weighted by Gasteiger charge is 2.11. The maximum Gasteiger partial charge on any atom is 0.226 e. The summed E-state index contributed by atoms with van der Waals surface area (Å²) in [5.74, 6) is 0.0345. The SMILES string of the molecule is CN(CCCOc1cccc(S(C)(=O)=O)c1)C(=O)Cc1ccc(F)c(Br)c1. The van der Waals surface area contributed by atoms with Gasteiger partial charge in [-0.25, -0.2) is 12.8 Å². The monoisotopic (exact) mass is 457 g/mol. The first-order valence-electron chi connectivity index (χ1n) is 8.27. The summed E-state index contributed by atoms with van der Waals surface area (Å²) in [6.07, 6.45) is 1.93. The Hall–Kier alpha value is -1.93. The van der Waals surface area contributed by atoms with Gasteiger partial charge in [-0.3, -0.25) is 4.79 Å². The zero-order valence-corrected chi connectivity index (χ0v) is 17.5. The van der Waals surface area contributed by atoms with Gasteiger partial charge in [-0.2, -0.15) is 0 Å². The molecule has 0 aromatic heterocycles. The summed E-state index contributed by atoms with van der Waals surface area (Å²) >= 11 is 3.11. The maximum absolute atomic E-state index is 13.2. The molecule has 8 heteroatoms. The van der Waals surface area contributed by atoms with E-state index in [0.29, 0.717) is 29.8 Å². The Labute approximate surface area is 167 Å². The molecule has 0 aliphatic carbocycles. The molecule has 0 unspecified atom stereocenters. The molecule has 0 heterocycles. The zero-order valence-electron chi connectivity index (χ0n) is 15.1. The van der Waals surface area contributed by atoms with Crippen LogP contribution >= 0.6 is 15.9 Å². The molecule has 0 bridgehead atoms. The molecule has 2 aromatic carbocycles. The standard InChI is InChI=1S/C19H21BrFNO4S/c1-22(19(23)12-14-7-8-18(21)17(20)11-14)9-4-10-26-15-5-3-6-16(13-15)27(2,24)25/h3,5-8,11,13H,4,9-10,12H2,1-2H3. The Morgan fingerprint density at radius 3 is 2.63 bits per heavy atom. The van der Waals surface area contributed by atoms with Gasteiger partial charge < -0.3 is 9.64 Å². The van der Waals surface area contributed by atoms with E-state index in [4.69, 9.17) is 4.74 Å². The first-order chi connectivity index (χ1) is 12.7. The molecule has 2 rings (SSSR count). The van der Waals surface area contributed by atoms with Crippen LogP contribution in [0.2, 0.25) is 0 Å². The fraction of sp³-hybridized carbons (Fsp3) is 0.316. The Morgan fingerprint density at radius 1 is 1.22 bits per heavy atom. The van der Waals surface area contributed by atoms with Crippen LogP contribution in [0.1, 0.15) is 12.0 Å². The summed E-state index contributed by atoms with van der Waals surface area (Å²) in [4.78, 5) is 14.0. The Bertz CT molecular complexity index is 918. The van der Waals surface area contributed by atoms with Crippen molar-refractivity contribution in [1.82, 2.24) is 4.90 Å². The third-order valence-corrected chi connectivity index (χ3v) is 5.62. The van der Waals surface area contributed by atoms with Crippen LogP contribution in [0, 0.1) is 5.82 Å². The van der Waals surface area contributed by atoms with E-state index in [1.54, 1.807) is 36.2 Å². The lowest BCUT2D eigenvalue weighted by Gasteiger charge is -2.17. The maximum atomic E-state index is 13.2. The van der Waals surface area contributed by atoms with E-state index < -0.39 is 9.84 Å². The summed E-state index contributed by atoms with van der Waals surface area (Å²) in [6, 6.07) is 10.8. The van der Waals surface area contributed by atoms with Crippen molar-refractivity contribution in [3.8, 4) is 5.75 Å². The van der Waals surface area contributed by atoms with Gasteiger partial charge in [0.2, 0.25) is 5.91 Å². The van der Waals surface area contributed by atoms with E-state index in [2.05, 4.69) is 15.9 Å². The van der Waals surface area contributed by atoms with Crippen LogP contribution in [0.4, 0.5) is 4.39 Å². The predicted octanol–water partition coefficient (Wildman–Crippen LogP) is 3.46. The number of rotatable bonds is 8. The third-order valence-electron chi connectivity index (χ3n) is 3.91. The number of carbonyl (C=O) groups is 1. The van der Waals surface area contributed by atoms with Crippen molar-refractivity contribution in [1.29, 1.82) is 0 Å². The van der Waals surface area contributed by atoms with Crippen LogP contribution in [0.5, 0.6) is 5.75 Å². The highest BCUT2D eigenvalue weighted by molar-refractivity contribution is 9.10. The van der Waals surface area contributed by atoms with E-state index in [0.717, 1.165) is 11.8 Å². The van der Waals surface area contributed by atoms with Gasteiger partial charge in [-0.1, -0.05) is 12.1 Å². The predicted molar refractivity (Wildman–Crippen MR) is 105 cm³/mol. The van der Waals surface area contributed by atoms with Gasteiger partial charge in [0.15, 0.2) is 9.84 Å². The number of ether oxygens (including phenoxy) is 1. The lowest BCUT2D eigenvalue weighted by Crippen LogP contribution is -2.30. The number of sulfone groups is 1. The second-order valence-corrected chi connectivity index (χ2v) is 9.06. The fourth-order valence-electron chi connectivity index (χ4n) is 2.37. The quantitative estimate of drug-likeness (QED) is 0.569. The Kier molecular flexibility index (Phi) is 7.38. The Balaban J connectivity index is 1.79. The summed E-state index contributed by atoms with van der Waals surface area (Å²) in [7, 11) is -1.58. The first kappa shape index (κ1) is 21.4. The third kappa shape index (κ3) is 6.62.